The molecule has 0 aliphatic heterocycles. The van der Waals surface area contributed by atoms with Gasteiger partial charge in [-0.15, -0.1) is 10.2 Å². The topological polar surface area (TPSA) is 76.9 Å². The molecule has 0 aromatic carbocycles. The van der Waals surface area contributed by atoms with E-state index >= 15 is 0 Å². The van der Waals surface area contributed by atoms with Crippen LogP contribution in [0.1, 0.15) is 0 Å². The van der Waals surface area contributed by atoms with Gasteiger partial charge in [0.15, 0.2) is 0 Å². The largest absolute Gasteiger partial charge is 0.243 e. The average molecular weight is 162 g/mol. The Morgan fingerprint density at radius 3 is 2.30 bits per heavy atom. The summed E-state index contributed by atoms with van der Waals surface area (Å²) in [6, 6.07) is 0. The lowest BCUT2D eigenvalue weighted by molar-refractivity contribution is 0.601. The summed E-state index contributed by atoms with van der Waals surface area (Å²) < 4.78 is 22.2. The third kappa shape index (κ3) is 2.02. The SMILES string of the molecule is CS(=O)(=O)Nn1cnnc1. The minimum absolute atomic E-state index is 1.05. The molecule has 1 N–H and O–H groups in total. The Labute approximate surface area is 57.9 Å². The first kappa shape index (κ1) is 7.00. The highest BCUT2D eigenvalue weighted by Gasteiger charge is 1.98. The van der Waals surface area contributed by atoms with Crippen molar-refractivity contribution in [1.82, 2.24) is 14.9 Å². The van der Waals surface area contributed by atoms with E-state index in [0.29, 0.717) is 0 Å². The highest BCUT2D eigenvalue weighted by Crippen LogP contribution is 1.79. The molecule has 0 saturated heterocycles. The first-order valence-electron chi connectivity index (χ1n) is 2.40. The van der Waals surface area contributed by atoms with Crippen molar-refractivity contribution in [2.45, 2.75) is 0 Å². The first-order valence-corrected chi connectivity index (χ1v) is 4.29. The zero-order valence-corrected chi connectivity index (χ0v) is 6.04. The average Bonchev–Trinajstić information content (AvgIpc) is 2.12. The molecule has 0 bridgehead atoms. The number of aromatic nitrogens is 3. The first-order chi connectivity index (χ1) is 4.58. The van der Waals surface area contributed by atoms with Gasteiger partial charge in [0.1, 0.15) is 12.7 Å². The lowest BCUT2D eigenvalue weighted by atomic mass is 11.3. The number of rotatable bonds is 2. The fraction of sp³-hybridized carbons (Fsp3) is 0.333. The second-order valence-corrected chi connectivity index (χ2v) is 3.46. The predicted molar refractivity (Wildman–Crippen MR) is 34.2 cm³/mol. The Kier molecular flexibility index (Phi) is 1.58. The van der Waals surface area contributed by atoms with Crippen molar-refractivity contribution in [2.75, 3.05) is 11.1 Å². The normalized spacial score (nSPS) is 11.3. The van der Waals surface area contributed by atoms with E-state index in [1.54, 1.807) is 0 Å². The molecule has 7 heteroatoms. The number of hydrogen-bond donors (Lipinski definition) is 1. The number of hydrogen-bond acceptors (Lipinski definition) is 4. The highest BCUT2D eigenvalue weighted by molar-refractivity contribution is 7.91. The molecule has 0 amide bonds. The van der Waals surface area contributed by atoms with Crippen molar-refractivity contribution in [3.8, 4) is 0 Å². The molecule has 1 heterocycles. The van der Waals surface area contributed by atoms with E-state index in [1.807, 2.05) is 0 Å². The second-order valence-electron chi connectivity index (χ2n) is 1.73. The van der Waals surface area contributed by atoms with Crippen LogP contribution in [0.15, 0.2) is 12.7 Å². The van der Waals surface area contributed by atoms with Crippen LogP contribution in [-0.4, -0.2) is 29.5 Å². The third-order valence-corrected chi connectivity index (χ3v) is 1.23. The maximum atomic E-state index is 10.5. The van der Waals surface area contributed by atoms with E-state index < -0.39 is 10.0 Å². The summed E-state index contributed by atoms with van der Waals surface area (Å²) in [5.41, 5.74) is 0. The monoisotopic (exact) mass is 162 g/mol. The van der Waals surface area contributed by atoms with E-state index in [-0.39, 0.29) is 0 Å². The molecule has 0 radical (unpaired) electrons. The summed E-state index contributed by atoms with van der Waals surface area (Å²) in [5.74, 6) is 0. The fourth-order valence-electron chi connectivity index (χ4n) is 0.439. The van der Waals surface area contributed by atoms with Crippen molar-refractivity contribution in [1.29, 1.82) is 0 Å². The molecule has 0 spiro atoms. The predicted octanol–water partition coefficient (Wildman–Crippen LogP) is -1.22. The Balaban J connectivity index is 2.75. The molecule has 6 nitrogen and oxygen atoms in total. The van der Waals surface area contributed by atoms with Crippen LogP contribution in [-0.2, 0) is 10.0 Å². The Bertz CT molecular complexity index is 288. The van der Waals surface area contributed by atoms with Crippen LogP contribution in [0.25, 0.3) is 0 Å². The van der Waals surface area contributed by atoms with Crippen LogP contribution < -0.4 is 4.83 Å². The molecule has 0 unspecified atom stereocenters. The van der Waals surface area contributed by atoms with Gasteiger partial charge in [0, 0.05) is 0 Å². The molecule has 1 rings (SSSR count). The summed E-state index contributed by atoms with van der Waals surface area (Å²) in [4.78, 5) is 2.12. The number of nitrogens with zero attached hydrogens (tertiary/aromatic N) is 3. The molecule has 0 fully saturated rings. The quantitative estimate of drug-likeness (QED) is 0.591. The van der Waals surface area contributed by atoms with Crippen molar-refractivity contribution >= 4 is 10.0 Å². The van der Waals surface area contributed by atoms with Gasteiger partial charge < -0.3 is 0 Å². The van der Waals surface area contributed by atoms with Gasteiger partial charge in [-0.1, -0.05) is 0 Å². The van der Waals surface area contributed by atoms with Gasteiger partial charge in [-0.05, 0) is 0 Å². The van der Waals surface area contributed by atoms with Crippen LogP contribution in [0.3, 0.4) is 0 Å². The molecule has 0 aliphatic rings. The van der Waals surface area contributed by atoms with Crippen LogP contribution >= 0.6 is 0 Å². The molecule has 10 heavy (non-hydrogen) atoms. The molecule has 0 aliphatic carbocycles. The number of nitrogens with one attached hydrogen (secondary N) is 1. The lowest BCUT2D eigenvalue weighted by Gasteiger charge is -1.99. The van der Waals surface area contributed by atoms with E-state index in [0.717, 1.165) is 10.9 Å². The van der Waals surface area contributed by atoms with E-state index in [1.165, 1.54) is 12.7 Å². The van der Waals surface area contributed by atoms with Crippen molar-refractivity contribution in [2.24, 2.45) is 0 Å². The molecule has 56 valence electrons. The summed E-state index contributed by atoms with van der Waals surface area (Å²) >= 11 is 0. The van der Waals surface area contributed by atoms with E-state index in [9.17, 15) is 8.42 Å². The van der Waals surface area contributed by atoms with E-state index in [4.69, 9.17) is 0 Å². The Morgan fingerprint density at radius 1 is 1.40 bits per heavy atom. The van der Waals surface area contributed by atoms with Gasteiger partial charge in [-0.25, -0.2) is 17.9 Å². The van der Waals surface area contributed by atoms with Gasteiger partial charge >= 0.3 is 0 Å². The lowest BCUT2D eigenvalue weighted by Crippen LogP contribution is -2.19. The summed E-state index contributed by atoms with van der Waals surface area (Å²) in [5, 5.41) is 6.78. The highest BCUT2D eigenvalue weighted by atomic mass is 32.2. The van der Waals surface area contributed by atoms with Crippen LogP contribution in [0, 0.1) is 0 Å². The van der Waals surface area contributed by atoms with Crippen LogP contribution in [0.5, 0.6) is 0 Å². The standard InChI is InChI=1S/C3H6N4O2S/c1-10(8,9)6-7-2-4-5-3-7/h2-3,6H,1H3. The molecule has 0 saturated carbocycles. The summed E-state index contributed by atoms with van der Waals surface area (Å²) in [7, 11) is -3.21. The summed E-state index contributed by atoms with van der Waals surface area (Å²) in [6.45, 7) is 0. The van der Waals surface area contributed by atoms with Gasteiger partial charge in [0.2, 0.25) is 10.0 Å². The Hall–Kier alpha value is -1.11. The zero-order valence-electron chi connectivity index (χ0n) is 5.22. The molecule has 0 atom stereocenters. The fourth-order valence-corrected chi connectivity index (χ4v) is 0.917. The minimum atomic E-state index is -3.21. The van der Waals surface area contributed by atoms with Gasteiger partial charge in [0.05, 0.1) is 6.26 Å². The Morgan fingerprint density at radius 2 is 1.90 bits per heavy atom. The molecular weight excluding hydrogens is 156 g/mol. The third-order valence-electron chi connectivity index (χ3n) is 0.690. The second kappa shape index (κ2) is 2.25. The van der Waals surface area contributed by atoms with Crippen LogP contribution in [0.4, 0.5) is 0 Å². The van der Waals surface area contributed by atoms with Crippen molar-refractivity contribution in [3.05, 3.63) is 12.7 Å². The molecule has 1 aromatic heterocycles. The van der Waals surface area contributed by atoms with Crippen molar-refractivity contribution < 1.29 is 8.42 Å². The smallest absolute Gasteiger partial charge is 0.221 e. The molecular formula is C3H6N4O2S. The van der Waals surface area contributed by atoms with Crippen LogP contribution in [0.2, 0.25) is 0 Å². The zero-order chi connectivity index (χ0) is 7.61. The summed E-state index contributed by atoms with van der Waals surface area (Å²) in [6.07, 6.45) is 3.55. The minimum Gasteiger partial charge on any atom is -0.221 e. The maximum Gasteiger partial charge on any atom is 0.243 e. The van der Waals surface area contributed by atoms with Gasteiger partial charge in [0.25, 0.3) is 0 Å². The van der Waals surface area contributed by atoms with Gasteiger partial charge in [-0.2, -0.15) is 0 Å². The van der Waals surface area contributed by atoms with E-state index in [2.05, 4.69) is 15.0 Å². The maximum absolute atomic E-state index is 10.5. The van der Waals surface area contributed by atoms with Gasteiger partial charge in [-0.3, -0.25) is 0 Å². The van der Waals surface area contributed by atoms with Crippen molar-refractivity contribution in [3.63, 3.8) is 0 Å². The molecule has 1 aromatic rings. The number of sulfonamides is 1.